The number of allylic oxidation sites excluding steroid dienone is 1. The number of halogens is 1. The smallest absolute Gasteiger partial charge is 0.0721 e. The zero-order chi connectivity index (χ0) is 11.1. The Kier molecular flexibility index (Phi) is 6.35. The van der Waals surface area contributed by atoms with Gasteiger partial charge in [-0.25, -0.2) is 0 Å². The van der Waals surface area contributed by atoms with Gasteiger partial charge in [0, 0.05) is 5.38 Å². The van der Waals surface area contributed by atoms with E-state index in [-0.39, 0.29) is 6.10 Å². The number of aliphatic hydroxyl groups is 1. The van der Waals surface area contributed by atoms with Gasteiger partial charge >= 0.3 is 0 Å². The summed E-state index contributed by atoms with van der Waals surface area (Å²) in [5.41, 5.74) is 0. The molecule has 1 rings (SSSR count). The van der Waals surface area contributed by atoms with Crippen LogP contribution in [0.3, 0.4) is 0 Å². The van der Waals surface area contributed by atoms with E-state index in [9.17, 15) is 5.11 Å². The summed E-state index contributed by atoms with van der Waals surface area (Å²) in [6.45, 7) is 2.18. The molecule has 0 bridgehead atoms. The van der Waals surface area contributed by atoms with Gasteiger partial charge in [-0.1, -0.05) is 38.3 Å². The summed E-state index contributed by atoms with van der Waals surface area (Å²) in [4.78, 5) is 0. The van der Waals surface area contributed by atoms with E-state index in [0.717, 1.165) is 25.7 Å². The normalized spacial score (nSPS) is 28.7. The van der Waals surface area contributed by atoms with E-state index in [0.29, 0.717) is 11.3 Å². The van der Waals surface area contributed by atoms with Crippen molar-refractivity contribution in [2.45, 2.75) is 63.4 Å². The molecular weight excluding hydrogens is 208 g/mol. The number of rotatable bonds is 6. The molecule has 0 radical (unpaired) electrons. The molecule has 0 saturated heterocycles. The fourth-order valence-electron chi connectivity index (χ4n) is 2.12. The van der Waals surface area contributed by atoms with Crippen LogP contribution >= 0.6 is 11.6 Å². The fraction of sp³-hybridized carbons (Fsp3) is 0.846. The maximum atomic E-state index is 9.68. The van der Waals surface area contributed by atoms with Crippen molar-refractivity contribution in [3.63, 3.8) is 0 Å². The van der Waals surface area contributed by atoms with Crippen molar-refractivity contribution >= 4 is 11.6 Å². The second kappa shape index (κ2) is 7.29. The minimum atomic E-state index is -0.245. The lowest BCUT2D eigenvalue weighted by atomic mass is 10.0. The number of aliphatic hydroxyl groups excluding tert-OH is 1. The van der Waals surface area contributed by atoms with Crippen LogP contribution in [0, 0.1) is 5.92 Å². The van der Waals surface area contributed by atoms with E-state index in [1.54, 1.807) is 0 Å². The van der Waals surface area contributed by atoms with Crippen molar-refractivity contribution in [2.24, 2.45) is 5.92 Å². The number of hydrogen-bond acceptors (Lipinski definition) is 1. The van der Waals surface area contributed by atoms with Gasteiger partial charge < -0.3 is 5.11 Å². The average molecular weight is 231 g/mol. The van der Waals surface area contributed by atoms with Crippen molar-refractivity contribution in [2.75, 3.05) is 0 Å². The third-order valence-corrected chi connectivity index (χ3v) is 3.51. The van der Waals surface area contributed by atoms with Crippen LogP contribution < -0.4 is 0 Å². The zero-order valence-electron chi connectivity index (χ0n) is 9.66. The van der Waals surface area contributed by atoms with Crippen LogP contribution in [0.15, 0.2) is 12.2 Å². The van der Waals surface area contributed by atoms with Gasteiger partial charge in [0.2, 0.25) is 0 Å². The third-order valence-electron chi connectivity index (χ3n) is 3.12. The topological polar surface area (TPSA) is 20.2 Å². The first-order valence-electron chi connectivity index (χ1n) is 6.22. The summed E-state index contributed by atoms with van der Waals surface area (Å²) in [6, 6.07) is 0. The van der Waals surface area contributed by atoms with Crippen LogP contribution in [-0.4, -0.2) is 16.6 Å². The summed E-state index contributed by atoms with van der Waals surface area (Å²) in [5, 5.41) is 10.0. The van der Waals surface area contributed by atoms with Crippen molar-refractivity contribution in [1.29, 1.82) is 0 Å². The molecule has 0 aliphatic heterocycles. The van der Waals surface area contributed by atoms with Gasteiger partial charge in [-0.3, -0.25) is 0 Å². The molecule has 1 aliphatic carbocycles. The Labute approximate surface area is 98.5 Å². The third kappa shape index (κ3) is 5.58. The first-order chi connectivity index (χ1) is 7.22. The Hall–Kier alpha value is -0.0100. The van der Waals surface area contributed by atoms with Crippen LogP contribution in [0.1, 0.15) is 51.9 Å². The monoisotopic (exact) mass is 230 g/mol. The first kappa shape index (κ1) is 13.1. The van der Waals surface area contributed by atoms with Gasteiger partial charge in [-0.2, -0.15) is 0 Å². The Morgan fingerprint density at radius 3 is 2.80 bits per heavy atom. The van der Waals surface area contributed by atoms with E-state index < -0.39 is 0 Å². The fourth-order valence-corrected chi connectivity index (χ4v) is 2.47. The largest absolute Gasteiger partial charge is 0.389 e. The predicted octanol–water partition coefficient (Wildman–Crippen LogP) is 3.89. The predicted molar refractivity (Wildman–Crippen MR) is 66.3 cm³/mol. The summed E-state index contributed by atoms with van der Waals surface area (Å²) in [7, 11) is 0. The Morgan fingerprint density at radius 1 is 1.40 bits per heavy atom. The molecule has 0 aromatic heterocycles. The van der Waals surface area contributed by atoms with E-state index in [4.69, 9.17) is 11.6 Å². The highest BCUT2D eigenvalue weighted by Gasteiger charge is 2.20. The second-order valence-electron chi connectivity index (χ2n) is 4.62. The minimum absolute atomic E-state index is 0.245. The van der Waals surface area contributed by atoms with E-state index in [1.807, 2.05) is 6.08 Å². The number of hydrogen-bond donors (Lipinski definition) is 1. The van der Waals surface area contributed by atoms with Gasteiger partial charge in [-0.15, -0.1) is 11.6 Å². The molecule has 2 heteroatoms. The van der Waals surface area contributed by atoms with E-state index in [2.05, 4.69) is 13.0 Å². The lowest BCUT2D eigenvalue weighted by Crippen LogP contribution is -2.02. The van der Waals surface area contributed by atoms with Gasteiger partial charge in [0.05, 0.1) is 6.10 Å². The second-order valence-corrected chi connectivity index (χ2v) is 5.24. The summed E-state index contributed by atoms with van der Waals surface area (Å²) < 4.78 is 0. The minimum Gasteiger partial charge on any atom is -0.389 e. The molecule has 1 N–H and O–H groups in total. The summed E-state index contributed by atoms with van der Waals surface area (Å²) in [6.07, 6.45) is 11.8. The highest BCUT2D eigenvalue weighted by molar-refractivity contribution is 6.20. The van der Waals surface area contributed by atoms with Crippen LogP contribution in [0.5, 0.6) is 0 Å². The van der Waals surface area contributed by atoms with Crippen LogP contribution in [-0.2, 0) is 0 Å². The SMILES string of the molecule is CCCCCC(O)/C=C/[C@H]1CC[C@@H](Cl)C1. The molecule has 0 amide bonds. The molecule has 3 atom stereocenters. The molecule has 88 valence electrons. The quantitative estimate of drug-likeness (QED) is 0.417. The molecule has 1 fully saturated rings. The molecule has 1 unspecified atom stereocenters. The Bertz CT molecular complexity index is 191. The van der Waals surface area contributed by atoms with E-state index >= 15 is 0 Å². The van der Waals surface area contributed by atoms with Crippen LogP contribution in [0.25, 0.3) is 0 Å². The molecule has 0 heterocycles. The van der Waals surface area contributed by atoms with Gasteiger partial charge in [0.25, 0.3) is 0 Å². The lowest BCUT2D eigenvalue weighted by Gasteiger charge is -2.06. The molecule has 1 aliphatic rings. The molecule has 0 aromatic carbocycles. The highest BCUT2D eigenvalue weighted by atomic mass is 35.5. The molecule has 1 nitrogen and oxygen atoms in total. The zero-order valence-corrected chi connectivity index (χ0v) is 10.4. The summed E-state index contributed by atoms with van der Waals surface area (Å²) in [5.74, 6) is 0.605. The highest BCUT2D eigenvalue weighted by Crippen LogP contribution is 2.30. The van der Waals surface area contributed by atoms with Crippen molar-refractivity contribution in [1.82, 2.24) is 0 Å². The van der Waals surface area contributed by atoms with E-state index in [1.165, 1.54) is 19.3 Å². The maximum Gasteiger partial charge on any atom is 0.0721 e. The first-order valence-corrected chi connectivity index (χ1v) is 6.66. The van der Waals surface area contributed by atoms with Gasteiger partial charge in [0.15, 0.2) is 0 Å². The molecular formula is C13H23ClO. The molecule has 0 spiro atoms. The standard InChI is InChI=1S/C13H23ClO/c1-2-3-4-5-13(15)9-7-11-6-8-12(14)10-11/h7,9,11-13,15H,2-6,8,10H2,1H3/b9-7+/t11-,12-,13?/m1/s1. The van der Waals surface area contributed by atoms with Gasteiger partial charge in [0.1, 0.15) is 0 Å². The Morgan fingerprint density at radius 2 is 2.20 bits per heavy atom. The van der Waals surface area contributed by atoms with Crippen LogP contribution in [0.4, 0.5) is 0 Å². The molecule has 15 heavy (non-hydrogen) atoms. The maximum absolute atomic E-state index is 9.68. The van der Waals surface area contributed by atoms with Crippen molar-refractivity contribution in [3.05, 3.63) is 12.2 Å². The number of alkyl halides is 1. The van der Waals surface area contributed by atoms with Gasteiger partial charge in [-0.05, 0) is 31.6 Å². The van der Waals surface area contributed by atoms with Crippen LogP contribution in [0.2, 0.25) is 0 Å². The molecule has 0 aromatic rings. The average Bonchev–Trinajstić information content (AvgIpc) is 2.62. The Balaban J connectivity index is 2.13. The molecule has 1 saturated carbocycles. The lowest BCUT2D eigenvalue weighted by molar-refractivity contribution is 0.207. The summed E-state index contributed by atoms with van der Waals surface area (Å²) >= 11 is 6.03. The van der Waals surface area contributed by atoms with Crippen molar-refractivity contribution < 1.29 is 5.11 Å². The number of unbranched alkanes of at least 4 members (excludes halogenated alkanes) is 2. The van der Waals surface area contributed by atoms with Crippen molar-refractivity contribution in [3.8, 4) is 0 Å².